The van der Waals surface area contributed by atoms with Crippen LogP contribution < -0.4 is 21.3 Å². The molecule has 0 unspecified atom stereocenters. The second kappa shape index (κ2) is 14.4. The first kappa shape index (κ1) is 35.9. The highest BCUT2D eigenvalue weighted by Crippen LogP contribution is 2.52. The van der Waals surface area contributed by atoms with Crippen molar-refractivity contribution in [3.8, 4) is 56.0 Å². The van der Waals surface area contributed by atoms with Gasteiger partial charge in [-0.2, -0.15) is 0 Å². The van der Waals surface area contributed by atoms with E-state index in [1.165, 1.54) is 48.4 Å². The first-order chi connectivity index (χ1) is 31.2. The van der Waals surface area contributed by atoms with E-state index < -0.39 is 0 Å². The first-order valence-corrected chi connectivity index (χ1v) is 22.1. The Hall–Kier alpha value is -7.80. The average molecular weight is 823 g/mol. The summed E-state index contributed by atoms with van der Waals surface area (Å²) in [6.45, 7) is -0.132. The lowest BCUT2D eigenvalue weighted by Crippen LogP contribution is -2.55. The third kappa shape index (κ3) is 5.76. The van der Waals surface area contributed by atoms with E-state index in [4.69, 9.17) is 13.8 Å². The molecule has 2 aliphatic rings. The molecule has 5 heterocycles. The molecule has 3 aromatic heterocycles. The molecule has 11 aromatic rings. The zero-order valence-electron chi connectivity index (χ0n) is 33.9. The van der Waals surface area contributed by atoms with Crippen LogP contribution in [0.1, 0.15) is 0 Å². The van der Waals surface area contributed by atoms with Gasteiger partial charge in [0.15, 0.2) is 5.58 Å². The maximum absolute atomic E-state index is 6.70. The summed E-state index contributed by atoms with van der Waals surface area (Å²) in [5.41, 5.74) is 17.7. The number of hydrogen-bond donors (Lipinski definition) is 0. The van der Waals surface area contributed by atoms with Crippen LogP contribution in [-0.4, -0.2) is 11.7 Å². The minimum absolute atomic E-state index is 0.132. The second-order valence-electron chi connectivity index (χ2n) is 16.2. The van der Waals surface area contributed by atoms with Gasteiger partial charge < -0.3 is 13.7 Å². The summed E-state index contributed by atoms with van der Waals surface area (Å²) in [6.07, 6.45) is 3.84. The summed E-state index contributed by atoms with van der Waals surface area (Å²) in [4.78, 5) is 9.92. The third-order valence-electron chi connectivity index (χ3n) is 12.7. The molecule has 6 heteroatoms. The van der Waals surface area contributed by atoms with Crippen molar-refractivity contribution in [2.75, 3.05) is 4.90 Å². The van der Waals surface area contributed by atoms with Crippen LogP contribution in [-0.2, 0) is 0 Å². The molecule has 0 radical (unpaired) electrons. The largest absolute Gasteiger partial charge is 0.462 e. The normalized spacial score (nSPS) is 12.6. The Balaban J connectivity index is 1.04. The number of anilines is 3. The number of para-hydroxylation sites is 2. The number of hydrogen-bond acceptors (Lipinski definition) is 5. The minimum Gasteiger partial charge on any atom is -0.462 e. The molecule has 0 fully saturated rings. The Morgan fingerprint density at radius 1 is 0.460 bits per heavy atom. The van der Waals surface area contributed by atoms with Gasteiger partial charge >= 0.3 is 0 Å². The number of nitrogens with zero attached hydrogens (tertiary/aromatic N) is 2. The lowest BCUT2D eigenvalue weighted by atomic mass is 9.33. The summed E-state index contributed by atoms with van der Waals surface area (Å²) >= 11 is 1.81. The molecule has 0 saturated heterocycles. The van der Waals surface area contributed by atoms with E-state index in [9.17, 15) is 0 Å². The zero-order chi connectivity index (χ0) is 41.4. The Bertz CT molecular complexity index is 3530. The van der Waals surface area contributed by atoms with E-state index in [-0.39, 0.29) is 6.71 Å². The van der Waals surface area contributed by atoms with Crippen molar-refractivity contribution in [1.82, 2.24) is 4.98 Å². The Morgan fingerprint density at radius 3 is 1.92 bits per heavy atom. The molecule has 0 bridgehead atoms. The van der Waals surface area contributed by atoms with Crippen molar-refractivity contribution in [3.63, 3.8) is 0 Å². The zero-order valence-corrected chi connectivity index (χ0v) is 34.7. The first-order valence-electron chi connectivity index (χ1n) is 21.3. The molecule has 13 rings (SSSR count). The molecule has 294 valence electrons. The SMILES string of the molecule is c1ccc(-c2cccc(-c3ccc4c(c3)B(c3ccc(N5c6ccccc6Sc6ccccc65)c5occc35)c3cccc5ncc(-c6ccc(-c7ccccc7)o6)c-4c35)c2)cc1. The topological polar surface area (TPSA) is 42.4 Å². The van der Waals surface area contributed by atoms with E-state index >= 15 is 0 Å². The fraction of sp³-hybridized carbons (Fsp3) is 0. The van der Waals surface area contributed by atoms with E-state index in [1.807, 2.05) is 42.4 Å². The van der Waals surface area contributed by atoms with Crippen LogP contribution in [0.3, 0.4) is 0 Å². The van der Waals surface area contributed by atoms with Gasteiger partial charge in [-0.1, -0.05) is 168 Å². The van der Waals surface area contributed by atoms with Crippen LogP contribution in [0.4, 0.5) is 17.1 Å². The van der Waals surface area contributed by atoms with E-state index in [0.717, 1.165) is 72.7 Å². The van der Waals surface area contributed by atoms with Gasteiger partial charge in [0.05, 0.1) is 28.8 Å². The van der Waals surface area contributed by atoms with Crippen molar-refractivity contribution in [2.24, 2.45) is 0 Å². The molecule has 4 nitrogen and oxygen atoms in total. The van der Waals surface area contributed by atoms with Gasteiger partial charge in [-0.15, -0.1) is 0 Å². The molecule has 63 heavy (non-hydrogen) atoms. The van der Waals surface area contributed by atoms with Gasteiger partial charge in [0.1, 0.15) is 11.5 Å². The Kier molecular flexibility index (Phi) is 8.21. The van der Waals surface area contributed by atoms with Crippen molar-refractivity contribution >= 4 is 73.8 Å². The molecule has 2 aliphatic heterocycles. The highest BCUT2D eigenvalue weighted by molar-refractivity contribution is 7.99. The maximum atomic E-state index is 6.70. The summed E-state index contributed by atoms with van der Waals surface area (Å²) < 4.78 is 13.3. The predicted octanol–water partition coefficient (Wildman–Crippen LogP) is 13.7. The fourth-order valence-corrected chi connectivity index (χ4v) is 11.0. The monoisotopic (exact) mass is 822 g/mol. The number of aromatic nitrogens is 1. The average Bonchev–Trinajstić information content (AvgIpc) is 4.06. The van der Waals surface area contributed by atoms with E-state index in [1.54, 1.807) is 0 Å². The van der Waals surface area contributed by atoms with Crippen molar-refractivity contribution < 1.29 is 8.83 Å². The molecule has 0 aliphatic carbocycles. The van der Waals surface area contributed by atoms with E-state index in [2.05, 4.69) is 187 Å². The molecule has 0 N–H and O–H groups in total. The number of furan rings is 2. The van der Waals surface area contributed by atoms with Gasteiger partial charge in [0, 0.05) is 43.5 Å². The molecular weight excluding hydrogens is 788 g/mol. The van der Waals surface area contributed by atoms with Crippen molar-refractivity contribution in [3.05, 3.63) is 213 Å². The van der Waals surface area contributed by atoms with Crippen LogP contribution in [0, 0.1) is 0 Å². The third-order valence-corrected chi connectivity index (χ3v) is 13.8. The molecule has 0 atom stereocenters. The van der Waals surface area contributed by atoms with Crippen LogP contribution >= 0.6 is 11.8 Å². The van der Waals surface area contributed by atoms with Gasteiger partial charge in [0.25, 0.3) is 0 Å². The number of rotatable bonds is 6. The fourth-order valence-electron chi connectivity index (χ4n) is 9.90. The second-order valence-corrected chi connectivity index (χ2v) is 17.3. The van der Waals surface area contributed by atoms with Gasteiger partial charge in [-0.3, -0.25) is 4.98 Å². The molecular formula is C57H35BN2O2S. The Morgan fingerprint density at radius 2 is 1.13 bits per heavy atom. The quantitative estimate of drug-likeness (QED) is 0.156. The van der Waals surface area contributed by atoms with Crippen LogP contribution in [0.5, 0.6) is 0 Å². The molecule has 0 spiro atoms. The predicted molar refractivity (Wildman–Crippen MR) is 261 cm³/mol. The summed E-state index contributed by atoms with van der Waals surface area (Å²) in [5.74, 6) is 1.62. The van der Waals surface area contributed by atoms with E-state index in [0.29, 0.717) is 0 Å². The number of fused-ring (bicyclic) bond motifs is 5. The standard InChI is InChI=1S/C57H35BN2O2S/c1-3-13-36(14-4-1)38-17-11-18-39(33-38)40-25-26-41-46(34-40)58(45-19-12-20-47-56(45)55(41)43(35-59-47)52-30-29-51(62-52)37-15-5-2-6-16-37)44-27-28-50(57-42(44)31-32-61-57)60-48-21-7-9-23-53(48)63-54-24-10-8-22-49(54)60/h1-35H. The number of benzene rings is 8. The molecule has 8 aromatic carbocycles. The highest BCUT2D eigenvalue weighted by atomic mass is 32.2. The summed E-state index contributed by atoms with van der Waals surface area (Å²) in [6, 6.07) is 71.6. The van der Waals surface area contributed by atoms with Crippen LogP contribution in [0.2, 0.25) is 0 Å². The summed E-state index contributed by atoms with van der Waals surface area (Å²) in [5, 5.41) is 2.22. The van der Waals surface area contributed by atoms with Crippen molar-refractivity contribution in [2.45, 2.75) is 9.79 Å². The van der Waals surface area contributed by atoms with Crippen LogP contribution in [0.25, 0.3) is 77.9 Å². The lowest BCUT2D eigenvalue weighted by Gasteiger charge is -2.33. The smallest absolute Gasteiger partial charge is 0.243 e. The van der Waals surface area contributed by atoms with Gasteiger partial charge in [0.2, 0.25) is 6.71 Å². The molecule has 0 saturated carbocycles. The Labute approximate surface area is 369 Å². The number of pyridine rings is 1. The van der Waals surface area contributed by atoms with Crippen LogP contribution in [0.15, 0.2) is 231 Å². The highest BCUT2D eigenvalue weighted by Gasteiger charge is 2.37. The molecule has 0 amide bonds. The summed E-state index contributed by atoms with van der Waals surface area (Å²) in [7, 11) is 0. The van der Waals surface area contributed by atoms with Gasteiger partial charge in [-0.05, 0) is 88.5 Å². The lowest BCUT2D eigenvalue weighted by molar-refractivity contribution is 0.597. The maximum Gasteiger partial charge on any atom is 0.243 e. The van der Waals surface area contributed by atoms with Gasteiger partial charge in [-0.25, -0.2) is 0 Å². The minimum atomic E-state index is -0.132. The van der Waals surface area contributed by atoms with Crippen molar-refractivity contribution in [1.29, 1.82) is 0 Å².